The zero-order chi connectivity index (χ0) is 15.5. The summed E-state index contributed by atoms with van der Waals surface area (Å²) < 4.78 is 0. The third kappa shape index (κ3) is 45.3. The van der Waals surface area contributed by atoms with Gasteiger partial charge in [0.2, 0.25) is 0 Å². The van der Waals surface area contributed by atoms with E-state index in [0.29, 0.717) is 0 Å². The molecule has 0 fully saturated rings. The molecule has 0 aliphatic carbocycles. The SMILES string of the molecule is O.O=C(O)C(=O)O.O=C(O)C(=O)O.O=C(O)C(=O)O.[Tm].[Tm]. The molecule has 13 nitrogen and oxygen atoms in total. The average molecular weight is 626 g/mol. The molecule has 136 valence electrons. The van der Waals surface area contributed by atoms with Crippen LogP contribution in [0.2, 0.25) is 0 Å². The van der Waals surface area contributed by atoms with Crippen LogP contribution in [0.1, 0.15) is 0 Å². The molecular formula is C6H8O13Tm2. The second kappa shape index (κ2) is 21.5. The molecule has 0 saturated carbocycles. The molecule has 0 aromatic carbocycles. The Morgan fingerprint density at radius 1 is 0.381 bits per heavy atom. The number of hydrogen-bond donors (Lipinski definition) is 6. The second-order valence-corrected chi connectivity index (χ2v) is 1.83. The van der Waals surface area contributed by atoms with Gasteiger partial charge >= 0.3 is 35.8 Å². The predicted octanol–water partition coefficient (Wildman–Crippen LogP) is -3.36. The van der Waals surface area contributed by atoms with Crippen LogP contribution in [0.3, 0.4) is 0 Å². The molecule has 0 rings (SSSR count). The van der Waals surface area contributed by atoms with E-state index in [0.717, 1.165) is 0 Å². The first-order valence-electron chi connectivity index (χ1n) is 3.32. The number of carbonyl (C=O) groups is 6. The average Bonchev–Trinajstić information content (AvgIpc) is 2.18. The molecule has 0 heterocycles. The molecule has 2 radical (unpaired) electrons. The molecule has 0 aliphatic rings. The summed E-state index contributed by atoms with van der Waals surface area (Å²) in [6, 6.07) is 0. The van der Waals surface area contributed by atoms with Crippen LogP contribution in [0.5, 0.6) is 0 Å². The summed E-state index contributed by atoms with van der Waals surface area (Å²) in [5, 5.41) is 44.3. The van der Waals surface area contributed by atoms with Gasteiger partial charge in [-0.1, -0.05) is 0 Å². The Bertz CT molecular complexity index is 282. The van der Waals surface area contributed by atoms with Crippen LogP contribution >= 0.6 is 0 Å². The number of carboxylic acids is 6. The Kier molecular flexibility index (Phi) is 37.9. The van der Waals surface area contributed by atoms with Gasteiger partial charge < -0.3 is 36.1 Å². The van der Waals surface area contributed by atoms with Crippen molar-refractivity contribution in [1.82, 2.24) is 0 Å². The van der Waals surface area contributed by atoms with Gasteiger partial charge in [-0.05, 0) is 0 Å². The van der Waals surface area contributed by atoms with E-state index in [1.54, 1.807) is 0 Å². The Hall–Kier alpha value is -0.752. The van der Waals surface area contributed by atoms with Gasteiger partial charge in [-0.3, -0.25) is 0 Å². The molecule has 15 heteroatoms. The topological polar surface area (TPSA) is 255 Å². The monoisotopic (exact) mass is 626 g/mol. The van der Waals surface area contributed by atoms with Gasteiger partial charge in [0.05, 0.1) is 0 Å². The van der Waals surface area contributed by atoms with Gasteiger partial charge in [0.15, 0.2) is 0 Å². The van der Waals surface area contributed by atoms with Crippen LogP contribution in [-0.2, 0) is 28.8 Å². The van der Waals surface area contributed by atoms with E-state index in [-0.39, 0.29) is 79.2 Å². The van der Waals surface area contributed by atoms with E-state index in [4.69, 9.17) is 59.4 Å². The van der Waals surface area contributed by atoms with Gasteiger partial charge in [0.25, 0.3) is 0 Å². The Morgan fingerprint density at radius 2 is 0.429 bits per heavy atom. The van der Waals surface area contributed by atoms with Crippen LogP contribution in [-0.4, -0.2) is 71.9 Å². The third-order valence-corrected chi connectivity index (χ3v) is 0.549. The number of hydrogen-bond acceptors (Lipinski definition) is 6. The summed E-state index contributed by atoms with van der Waals surface area (Å²) >= 11 is 0. The van der Waals surface area contributed by atoms with Crippen LogP contribution in [0.15, 0.2) is 0 Å². The molecule has 0 aromatic heterocycles. The van der Waals surface area contributed by atoms with Crippen LogP contribution in [0.25, 0.3) is 0 Å². The second-order valence-electron chi connectivity index (χ2n) is 1.83. The summed E-state index contributed by atoms with van der Waals surface area (Å²) in [4.78, 5) is 54.6. The fourth-order valence-corrected chi connectivity index (χ4v) is 0. The van der Waals surface area contributed by atoms with Crippen LogP contribution < -0.4 is 0 Å². The van der Waals surface area contributed by atoms with Crippen molar-refractivity contribution in [3.8, 4) is 0 Å². The summed E-state index contributed by atoms with van der Waals surface area (Å²) in [5.74, 6) is -10.9. The largest absolute Gasteiger partial charge is 0.473 e. The third-order valence-electron chi connectivity index (χ3n) is 0.549. The van der Waals surface area contributed by atoms with Crippen molar-refractivity contribution < 1.29 is 139 Å². The molecule has 0 aliphatic heterocycles. The van der Waals surface area contributed by atoms with Crippen molar-refractivity contribution in [2.75, 3.05) is 0 Å². The minimum atomic E-state index is -1.82. The maximum Gasteiger partial charge on any atom is 0.414 e. The standard InChI is InChI=1S/3C2H2O4.H2O.2Tm/c3*3-1(4)2(5)6;;;/h3*(H,3,4)(H,5,6);1H2;;. The minimum Gasteiger partial charge on any atom is -0.473 e. The zero-order valence-corrected chi connectivity index (χ0v) is 12.7. The maximum absolute atomic E-state index is 9.10. The number of rotatable bonds is 0. The first-order chi connectivity index (χ1) is 7.93. The van der Waals surface area contributed by atoms with Gasteiger partial charge in [0, 0.05) is 73.7 Å². The maximum atomic E-state index is 9.10. The molecule has 8 N–H and O–H groups in total. The van der Waals surface area contributed by atoms with Crippen molar-refractivity contribution in [3.63, 3.8) is 0 Å². The molecule has 0 saturated heterocycles. The first-order valence-corrected chi connectivity index (χ1v) is 3.32. The van der Waals surface area contributed by atoms with Crippen molar-refractivity contribution in [2.24, 2.45) is 0 Å². The molecular weight excluding hydrogens is 618 g/mol. The Morgan fingerprint density at radius 3 is 0.429 bits per heavy atom. The fraction of sp³-hybridized carbons (Fsp3) is 0. The summed E-state index contributed by atoms with van der Waals surface area (Å²) in [7, 11) is 0. The zero-order valence-electron chi connectivity index (χ0n) is 9.19. The Labute approximate surface area is 172 Å². The van der Waals surface area contributed by atoms with Gasteiger partial charge in [-0.15, -0.1) is 0 Å². The van der Waals surface area contributed by atoms with Gasteiger partial charge in [-0.2, -0.15) is 0 Å². The number of aliphatic carboxylic acids is 6. The molecule has 0 spiro atoms. The van der Waals surface area contributed by atoms with Crippen molar-refractivity contribution in [1.29, 1.82) is 0 Å². The van der Waals surface area contributed by atoms with E-state index in [2.05, 4.69) is 0 Å². The predicted molar refractivity (Wildman–Crippen MR) is 49.4 cm³/mol. The summed E-state index contributed by atoms with van der Waals surface area (Å²) in [6.45, 7) is 0. The quantitative estimate of drug-likeness (QED) is 0.144. The Balaban J connectivity index is -0.0000000375. The number of carboxylic acid groups (broad SMARTS) is 6. The van der Waals surface area contributed by atoms with Gasteiger partial charge in [0.1, 0.15) is 0 Å². The molecule has 0 amide bonds. The molecule has 21 heavy (non-hydrogen) atoms. The van der Waals surface area contributed by atoms with E-state index < -0.39 is 35.8 Å². The van der Waals surface area contributed by atoms with E-state index in [1.165, 1.54) is 0 Å². The molecule has 0 atom stereocenters. The smallest absolute Gasteiger partial charge is 0.414 e. The van der Waals surface area contributed by atoms with Crippen LogP contribution in [0, 0.1) is 73.7 Å². The van der Waals surface area contributed by atoms with Crippen molar-refractivity contribution in [2.45, 2.75) is 0 Å². The normalized spacial score (nSPS) is 6.29. The van der Waals surface area contributed by atoms with E-state index in [9.17, 15) is 0 Å². The molecule has 0 unspecified atom stereocenters. The first kappa shape index (κ1) is 37.0. The van der Waals surface area contributed by atoms with Crippen molar-refractivity contribution >= 4 is 35.8 Å². The molecule has 0 bridgehead atoms. The fourth-order valence-electron chi connectivity index (χ4n) is 0. The summed E-state index contributed by atoms with van der Waals surface area (Å²) in [6.07, 6.45) is 0. The van der Waals surface area contributed by atoms with Crippen molar-refractivity contribution in [3.05, 3.63) is 0 Å². The molecule has 0 aromatic rings. The van der Waals surface area contributed by atoms with Crippen LogP contribution in [0.4, 0.5) is 0 Å². The minimum absolute atomic E-state index is 0. The van der Waals surface area contributed by atoms with Gasteiger partial charge in [-0.25, -0.2) is 28.8 Å². The summed E-state index contributed by atoms with van der Waals surface area (Å²) in [5.41, 5.74) is 0. The van der Waals surface area contributed by atoms with E-state index in [1.807, 2.05) is 0 Å². The van der Waals surface area contributed by atoms with E-state index >= 15 is 0 Å².